The fraction of sp³-hybridized carbons (Fsp3) is 0.381. The van der Waals surface area contributed by atoms with Crippen LogP contribution in [0.2, 0.25) is 0 Å². The number of para-hydroxylation sites is 1. The van der Waals surface area contributed by atoms with Crippen LogP contribution in [0.25, 0.3) is 0 Å². The first-order valence-electron chi connectivity index (χ1n) is 9.05. The predicted molar refractivity (Wildman–Crippen MR) is 110 cm³/mol. The molecular formula is C21H28N2O3S. The monoisotopic (exact) mass is 388 g/mol. The Hall–Kier alpha value is -2.34. The maximum absolute atomic E-state index is 12.6. The van der Waals surface area contributed by atoms with Gasteiger partial charge in [-0.1, -0.05) is 48.9 Å². The molecule has 0 heterocycles. The maximum atomic E-state index is 12.6. The van der Waals surface area contributed by atoms with Crippen LogP contribution in [0.4, 0.5) is 5.69 Å². The van der Waals surface area contributed by atoms with Gasteiger partial charge in [-0.2, -0.15) is 0 Å². The number of aryl methyl sites for hydroxylation is 3. The van der Waals surface area contributed by atoms with Gasteiger partial charge in [0.2, 0.25) is 15.9 Å². The minimum absolute atomic E-state index is 0.208. The number of hydrogen-bond acceptors (Lipinski definition) is 3. The van der Waals surface area contributed by atoms with Crippen molar-refractivity contribution >= 4 is 21.6 Å². The van der Waals surface area contributed by atoms with E-state index >= 15 is 0 Å². The van der Waals surface area contributed by atoms with Crippen molar-refractivity contribution < 1.29 is 13.2 Å². The summed E-state index contributed by atoms with van der Waals surface area (Å²) < 4.78 is 25.8. The van der Waals surface area contributed by atoms with Crippen LogP contribution in [-0.2, 0) is 21.2 Å². The largest absolute Gasteiger partial charge is 0.348 e. The van der Waals surface area contributed by atoms with Gasteiger partial charge < -0.3 is 5.32 Å². The second-order valence-corrected chi connectivity index (χ2v) is 8.81. The van der Waals surface area contributed by atoms with Crippen molar-refractivity contribution in [2.75, 3.05) is 17.1 Å². The van der Waals surface area contributed by atoms with Crippen LogP contribution < -0.4 is 9.62 Å². The van der Waals surface area contributed by atoms with E-state index in [1.165, 1.54) is 4.31 Å². The summed E-state index contributed by atoms with van der Waals surface area (Å²) in [4.78, 5) is 12.6. The first-order chi connectivity index (χ1) is 12.6. The number of nitrogens with one attached hydrogen (secondary N) is 1. The van der Waals surface area contributed by atoms with Crippen LogP contribution in [0.5, 0.6) is 0 Å². The molecule has 0 radical (unpaired) electrons. The molecule has 0 aromatic heterocycles. The zero-order valence-electron chi connectivity index (χ0n) is 16.6. The molecule has 0 saturated heterocycles. The molecule has 2 rings (SSSR count). The van der Waals surface area contributed by atoms with Crippen LogP contribution in [-0.4, -0.2) is 27.1 Å². The lowest BCUT2D eigenvalue weighted by molar-refractivity contribution is -0.120. The van der Waals surface area contributed by atoms with Crippen molar-refractivity contribution in [1.29, 1.82) is 0 Å². The smallest absolute Gasteiger partial charge is 0.241 e. The number of nitrogens with zero attached hydrogens (tertiary/aromatic N) is 1. The molecule has 5 nitrogen and oxygen atoms in total. The molecule has 0 aliphatic heterocycles. The molecule has 1 atom stereocenters. The number of rotatable bonds is 7. The summed E-state index contributed by atoms with van der Waals surface area (Å²) in [5.41, 5.74) is 4.68. The summed E-state index contributed by atoms with van der Waals surface area (Å²) >= 11 is 0. The molecule has 2 aromatic rings. The molecule has 2 aromatic carbocycles. The highest BCUT2D eigenvalue weighted by Gasteiger charge is 2.23. The molecule has 1 unspecified atom stereocenters. The number of amides is 1. The normalized spacial score (nSPS) is 12.5. The Morgan fingerprint density at radius 1 is 1.15 bits per heavy atom. The Morgan fingerprint density at radius 3 is 2.44 bits per heavy atom. The standard InChI is InChI=1S/C21H28N2O3S/c1-6-18-9-7-8-10-20(18)23(27(5,25)26)14-21(24)22-17(4)19-13-15(2)11-12-16(19)3/h7-13,17H,6,14H2,1-5H3,(H,22,24). The van der Waals surface area contributed by atoms with Crippen molar-refractivity contribution in [2.24, 2.45) is 0 Å². The number of hydrogen-bond donors (Lipinski definition) is 1. The van der Waals surface area contributed by atoms with Crippen LogP contribution in [0.1, 0.15) is 42.1 Å². The fourth-order valence-electron chi connectivity index (χ4n) is 3.16. The quantitative estimate of drug-likeness (QED) is 0.789. The van der Waals surface area contributed by atoms with E-state index in [0.717, 1.165) is 28.5 Å². The minimum atomic E-state index is -3.59. The molecule has 0 fully saturated rings. The molecule has 0 aliphatic rings. The first-order valence-corrected chi connectivity index (χ1v) is 10.9. The van der Waals surface area contributed by atoms with E-state index in [-0.39, 0.29) is 18.5 Å². The van der Waals surface area contributed by atoms with Crippen molar-refractivity contribution in [3.8, 4) is 0 Å². The average molecular weight is 389 g/mol. The van der Waals surface area contributed by atoms with Gasteiger partial charge in [0.25, 0.3) is 0 Å². The van der Waals surface area contributed by atoms with Gasteiger partial charge in [-0.3, -0.25) is 9.10 Å². The minimum Gasteiger partial charge on any atom is -0.348 e. The number of carbonyl (C=O) groups is 1. The van der Waals surface area contributed by atoms with Crippen LogP contribution >= 0.6 is 0 Å². The van der Waals surface area contributed by atoms with E-state index in [4.69, 9.17) is 0 Å². The van der Waals surface area contributed by atoms with Crippen molar-refractivity contribution in [3.63, 3.8) is 0 Å². The van der Waals surface area contributed by atoms with Gasteiger partial charge in [0.1, 0.15) is 6.54 Å². The fourth-order valence-corrected chi connectivity index (χ4v) is 4.04. The molecule has 27 heavy (non-hydrogen) atoms. The lowest BCUT2D eigenvalue weighted by Gasteiger charge is -2.25. The van der Waals surface area contributed by atoms with Crippen molar-refractivity contribution in [2.45, 2.75) is 40.2 Å². The molecule has 0 aliphatic carbocycles. The van der Waals surface area contributed by atoms with E-state index < -0.39 is 10.0 Å². The maximum Gasteiger partial charge on any atom is 0.241 e. The molecule has 0 spiro atoms. The zero-order valence-corrected chi connectivity index (χ0v) is 17.4. The Morgan fingerprint density at radius 2 is 1.81 bits per heavy atom. The first kappa shape index (κ1) is 21.0. The molecular weight excluding hydrogens is 360 g/mol. The Balaban J connectivity index is 2.23. The van der Waals surface area contributed by atoms with Crippen LogP contribution in [0, 0.1) is 13.8 Å². The number of benzene rings is 2. The van der Waals surface area contributed by atoms with E-state index in [1.807, 2.05) is 58.0 Å². The summed E-state index contributed by atoms with van der Waals surface area (Å²) in [6.45, 7) is 7.62. The van der Waals surface area contributed by atoms with Crippen LogP contribution in [0.15, 0.2) is 42.5 Å². The third-order valence-electron chi connectivity index (χ3n) is 4.61. The van der Waals surface area contributed by atoms with E-state index in [1.54, 1.807) is 12.1 Å². The summed E-state index contributed by atoms with van der Waals surface area (Å²) in [6.07, 6.45) is 1.81. The third kappa shape index (κ3) is 5.32. The summed E-state index contributed by atoms with van der Waals surface area (Å²) in [5.74, 6) is -0.334. The van der Waals surface area contributed by atoms with Gasteiger partial charge in [-0.15, -0.1) is 0 Å². The van der Waals surface area contributed by atoms with Gasteiger partial charge in [0.05, 0.1) is 18.0 Å². The van der Waals surface area contributed by atoms with Crippen LogP contribution in [0.3, 0.4) is 0 Å². The number of sulfonamides is 1. The van der Waals surface area contributed by atoms with Gasteiger partial charge in [-0.25, -0.2) is 8.42 Å². The second-order valence-electron chi connectivity index (χ2n) is 6.90. The molecule has 146 valence electrons. The van der Waals surface area contributed by atoms with Gasteiger partial charge in [-0.05, 0) is 49.9 Å². The summed E-state index contributed by atoms with van der Waals surface area (Å²) in [6, 6.07) is 13.1. The van der Waals surface area contributed by atoms with Gasteiger partial charge in [0, 0.05) is 0 Å². The lowest BCUT2D eigenvalue weighted by Crippen LogP contribution is -2.41. The SMILES string of the molecule is CCc1ccccc1N(CC(=O)NC(C)c1cc(C)ccc1C)S(C)(=O)=O. The summed E-state index contributed by atoms with van der Waals surface area (Å²) in [5, 5.41) is 2.93. The molecule has 6 heteroatoms. The molecule has 1 amide bonds. The van der Waals surface area contributed by atoms with Crippen molar-refractivity contribution in [3.05, 3.63) is 64.7 Å². The second kappa shape index (κ2) is 8.57. The number of anilines is 1. The van der Waals surface area contributed by atoms with Gasteiger partial charge >= 0.3 is 0 Å². The third-order valence-corrected chi connectivity index (χ3v) is 5.73. The highest BCUT2D eigenvalue weighted by atomic mass is 32.2. The highest BCUT2D eigenvalue weighted by molar-refractivity contribution is 7.92. The number of carbonyl (C=O) groups excluding carboxylic acids is 1. The molecule has 0 saturated carbocycles. The average Bonchev–Trinajstić information content (AvgIpc) is 2.60. The van der Waals surface area contributed by atoms with E-state index in [9.17, 15) is 13.2 Å². The van der Waals surface area contributed by atoms with E-state index in [0.29, 0.717) is 12.1 Å². The Kier molecular flexibility index (Phi) is 6.65. The zero-order chi connectivity index (χ0) is 20.2. The van der Waals surface area contributed by atoms with E-state index in [2.05, 4.69) is 5.32 Å². The Labute approximate surface area is 162 Å². The predicted octanol–water partition coefficient (Wildman–Crippen LogP) is 3.51. The molecule has 1 N–H and O–H groups in total. The lowest BCUT2D eigenvalue weighted by atomic mass is 10.00. The van der Waals surface area contributed by atoms with Crippen molar-refractivity contribution in [1.82, 2.24) is 5.32 Å². The highest BCUT2D eigenvalue weighted by Crippen LogP contribution is 2.24. The molecule has 0 bridgehead atoms. The topological polar surface area (TPSA) is 66.5 Å². The van der Waals surface area contributed by atoms with Gasteiger partial charge in [0.15, 0.2) is 0 Å². The summed E-state index contributed by atoms with van der Waals surface area (Å²) in [7, 11) is -3.59. The Bertz CT molecular complexity index is 923.